The molecule has 0 unspecified atom stereocenters. The molecule has 5 heteroatoms. The van der Waals surface area contributed by atoms with E-state index in [1.54, 1.807) is 0 Å². The number of aryl methyl sites for hydroxylation is 1. The van der Waals surface area contributed by atoms with Gasteiger partial charge in [0, 0.05) is 40.9 Å². The SMILES string of the molecule is CCCn1cc(CCN2CCC(c3c[nH]c4ccc(Br)cc34)CC2)cn1. The van der Waals surface area contributed by atoms with Crippen LogP contribution < -0.4 is 0 Å². The second kappa shape index (κ2) is 7.97. The summed E-state index contributed by atoms with van der Waals surface area (Å²) in [6.45, 7) is 6.73. The van der Waals surface area contributed by atoms with E-state index in [-0.39, 0.29) is 0 Å². The smallest absolute Gasteiger partial charge is 0.0522 e. The van der Waals surface area contributed by atoms with Crippen LogP contribution in [0.4, 0.5) is 0 Å². The molecule has 0 spiro atoms. The molecule has 1 N–H and O–H groups in total. The molecule has 0 bridgehead atoms. The van der Waals surface area contributed by atoms with Crippen molar-refractivity contribution in [2.75, 3.05) is 19.6 Å². The standard InChI is InChI=1S/C21H27BrN4/c1-2-8-26-15-16(13-24-26)5-9-25-10-6-17(7-11-25)20-14-23-21-4-3-18(22)12-19(20)21/h3-4,12-15,17,23H,2,5-11H2,1H3. The van der Waals surface area contributed by atoms with Gasteiger partial charge in [0.2, 0.25) is 0 Å². The molecule has 3 heterocycles. The van der Waals surface area contributed by atoms with Crippen LogP contribution in [-0.2, 0) is 13.0 Å². The van der Waals surface area contributed by atoms with Gasteiger partial charge in [-0.05, 0) is 74.0 Å². The molecule has 4 rings (SSSR count). The predicted molar refractivity (Wildman–Crippen MR) is 111 cm³/mol. The molecule has 0 atom stereocenters. The van der Waals surface area contributed by atoms with Gasteiger partial charge in [-0.3, -0.25) is 4.68 Å². The van der Waals surface area contributed by atoms with Crippen molar-refractivity contribution in [2.24, 2.45) is 0 Å². The Kier molecular flexibility index (Phi) is 5.46. The van der Waals surface area contributed by atoms with Gasteiger partial charge in [0.15, 0.2) is 0 Å². The van der Waals surface area contributed by atoms with E-state index in [0.717, 1.165) is 30.4 Å². The minimum absolute atomic E-state index is 0.668. The van der Waals surface area contributed by atoms with Crippen LogP contribution in [0.25, 0.3) is 10.9 Å². The Balaban J connectivity index is 1.32. The van der Waals surface area contributed by atoms with Gasteiger partial charge in [-0.15, -0.1) is 0 Å². The van der Waals surface area contributed by atoms with E-state index in [1.807, 2.05) is 6.20 Å². The van der Waals surface area contributed by atoms with Gasteiger partial charge >= 0.3 is 0 Å². The quantitative estimate of drug-likeness (QED) is 0.618. The van der Waals surface area contributed by atoms with Gasteiger partial charge in [0.05, 0.1) is 6.20 Å². The summed E-state index contributed by atoms with van der Waals surface area (Å²) >= 11 is 3.61. The zero-order chi connectivity index (χ0) is 17.9. The Hall–Kier alpha value is -1.59. The zero-order valence-corrected chi connectivity index (χ0v) is 17.0. The predicted octanol–water partition coefficient (Wildman–Crippen LogP) is 4.96. The van der Waals surface area contributed by atoms with Crippen molar-refractivity contribution in [1.29, 1.82) is 0 Å². The third-order valence-electron chi connectivity index (χ3n) is 5.56. The minimum Gasteiger partial charge on any atom is -0.361 e. The number of hydrogen-bond acceptors (Lipinski definition) is 2. The number of aromatic amines is 1. The van der Waals surface area contributed by atoms with Crippen LogP contribution >= 0.6 is 15.9 Å². The second-order valence-electron chi connectivity index (χ2n) is 7.41. The first-order valence-electron chi connectivity index (χ1n) is 9.73. The Morgan fingerprint density at radius 1 is 1.23 bits per heavy atom. The molecule has 0 saturated carbocycles. The molecule has 4 nitrogen and oxygen atoms in total. The summed E-state index contributed by atoms with van der Waals surface area (Å²) < 4.78 is 3.23. The highest BCUT2D eigenvalue weighted by Crippen LogP contribution is 2.34. The lowest BCUT2D eigenvalue weighted by Gasteiger charge is -2.31. The lowest BCUT2D eigenvalue weighted by Crippen LogP contribution is -2.34. The fraction of sp³-hybridized carbons (Fsp3) is 0.476. The first kappa shape index (κ1) is 17.8. The molecule has 1 aliphatic heterocycles. The summed E-state index contributed by atoms with van der Waals surface area (Å²) in [5.74, 6) is 0.668. The molecule has 26 heavy (non-hydrogen) atoms. The molecule has 138 valence electrons. The summed E-state index contributed by atoms with van der Waals surface area (Å²) in [5.41, 5.74) is 4.10. The highest BCUT2D eigenvalue weighted by Gasteiger charge is 2.22. The Labute approximate surface area is 163 Å². The van der Waals surface area contributed by atoms with Crippen LogP contribution in [0.15, 0.2) is 41.3 Å². The Morgan fingerprint density at radius 2 is 2.08 bits per heavy atom. The summed E-state index contributed by atoms with van der Waals surface area (Å²) in [6, 6.07) is 6.52. The van der Waals surface area contributed by atoms with Crippen molar-refractivity contribution >= 4 is 26.8 Å². The summed E-state index contributed by atoms with van der Waals surface area (Å²) in [5, 5.41) is 5.82. The van der Waals surface area contributed by atoms with E-state index in [2.05, 4.69) is 73.1 Å². The second-order valence-corrected chi connectivity index (χ2v) is 8.33. The highest BCUT2D eigenvalue weighted by atomic mass is 79.9. The first-order chi connectivity index (χ1) is 12.7. The Morgan fingerprint density at radius 3 is 2.88 bits per heavy atom. The van der Waals surface area contributed by atoms with Gasteiger partial charge in [-0.2, -0.15) is 5.10 Å². The van der Waals surface area contributed by atoms with Gasteiger partial charge in [-0.25, -0.2) is 0 Å². The number of benzene rings is 1. The molecular formula is C21H27BrN4. The number of nitrogens with one attached hydrogen (secondary N) is 1. The van der Waals surface area contributed by atoms with E-state index < -0.39 is 0 Å². The number of halogens is 1. The topological polar surface area (TPSA) is 36.9 Å². The van der Waals surface area contributed by atoms with Crippen LogP contribution in [-0.4, -0.2) is 39.3 Å². The fourth-order valence-electron chi connectivity index (χ4n) is 4.09. The molecule has 0 amide bonds. The van der Waals surface area contributed by atoms with Crippen molar-refractivity contribution in [1.82, 2.24) is 19.7 Å². The van der Waals surface area contributed by atoms with E-state index in [9.17, 15) is 0 Å². The highest BCUT2D eigenvalue weighted by molar-refractivity contribution is 9.10. The number of H-pyrrole nitrogens is 1. The van der Waals surface area contributed by atoms with Gasteiger partial charge < -0.3 is 9.88 Å². The molecule has 3 aromatic rings. The largest absolute Gasteiger partial charge is 0.361 e. The number of fused-ring (bicyclic) bond motifs is 1. The monoisotopic (exact) mass is 414 g/mol. The number of likely N-dealkylation sites (tertiary alicyclic amines) is 1. The number of nitrogens with zero attached hydrogens (tertiary/aromatic N) is 3. The molecular weight excluding hydrogens is 388 g/mol. The number of rotatable bonds is 6. The Bertz CT molecular complexity index is 858. The lowest BCUT2D eigenvalue weighted by molar-refractivity contribution is 0.215. The number of aromatic nitrogens is 3. The molecule has 1 aromatic carbocycles. The molecule has 0 radical (unpaired) electrons. The minimum atomic E-state index is 0.668. The molecule has 1 aliphatic rings. The maximum atomic E-state index is 4.44. The molecule has 1 fully saturated rings. The maximum Gasteiger partial charge on any atom is 0.0522 e. The van der Waals surface area contributed by atoms with E-state index in [0.29, 0.717) is 5.92 Å². The van der Waals surface area contributed by atoms with Crippen LogP contribution in [0.1, 0.15) is 43.2 Å². The molecule has 2 aromatic heterocycles. The molecule has 1 saturated heterocycles. The lowest BCUT2D eigenvalue weighted by atomic mass is 9.89. The van der Waals surface area contributed by atoms with E-state index >= 15 is 0 Å². The summed E-state index contributed by atoms with van der Waals surface area (Å²) in [6.07, 6.45) is 11.2. The van der Waals surface area contributed by atoms with Crippen molar-refractivity contribution in [3.63, 3.8) is 0 Å². The van der Waals surface area contributed by atoms with Gasteiger partial charge in [0.1, 0.15) is 0 Å². The van der Waals surface area contributed by atoms with Crippen LogP contribution in [0.2, 0.25) is 0 Å². The first-order valence-corrected chi connectivity index (χ1v) is 10.5. The van der Waals surface area contributed by atoms with Crippen LogP contribution in [0, 0.1) is 0 Å². The third-order valence-corrected chi connectivity index (χ3v) is 6.05. The van der Waals surface area contributed by atoms with Crippen molar-refractivity contribution < 1.29 is 0 Å². The zero-order valence-electron chi connectivity index (χ0n) is 15.4. The fourth-order valence-corrected chi connectivity index (χ4v) is 4.45. The number of piperidine rings is 1. The van der Waals surface area contributed by atoms with Crippen LogP contribution in [0.3, 0.4) is 0 Å². The van der Waals surface area contributed by atoms with Gasteiger partial charge in [-0.1, -0.05) is 22.9 Å². The van der Waals surface area contributed by atoms with E-state index in [1.165, 1.54) is 48.0 Å². The number of hydrogen-bond donors (Lipinski definition) is 1. The van der Waals surface area contributed by atoms with Crippen molar-refractivity contribution in [3.8, 4) is 0 Å². The van der Waals surface area contributed by atoms with Crippen molar-refractivity contribution in [2.45, 2.75) is 45.1 Å². The normalized spacial score (nSPS) is 16.5. The van der Waals surface area contributed by atoms with Crippen molar-refractivity contribution in [3.05, 3.63) is 52.4 Å². The average molecular weight is 415 g/mol. The third kappa shape index (κ3) is 3.89. The average Bonchev–Trinajstić information content (AvgIpc) is 3.27. The molecule has 0 aliphatic carbocycles. The summed E-state index contributed by atoms with van der Waals surface area (Å²) in [4.78, 5) is 6.05. The van der Waals surface area contributed by atoms with E-state index in [4.69, 9.17) is 0 Å². The van der Waals surface area contributed by atoms with Gasteiger partial charge in [0.25, 0.3) is 0 Å². The van der Waals surface area contributed by atoms with Crippen LogP contribution in [0.5, 0.6) is 0 Å². The summed E-state index contributed by atoms with van der Waals surface area (Å²) in [7, 11) is 0. The maximum absolute atomic E-state index is 4.44.